The van der Waals surface area contributed by atoms with Crippen LogP contribution in [0.4, 0.5) is 0 Å². The van der Waals surface area contributed by atoms with E-state index < -0.39 is 0 Å². The predicted molar refractivity (Wildman–Crippen MR) is 61.4 cm³/mol. The second-order valence-electron chi connectivity index (χ2n) is 3.67. The number of hydrogen-bond donors (Lipinski definition) is 0. The molecule has 0 N–H and O–H groups in total. The van der Waals surface area contributed by atoms with Crippen molar-refractivity contribution in [2.45, 2.75) is 20.3 Å². The first kappa shape index (κ1) is 12.1. The second kappa shape index (κ2) is 5.76. The third-order valence-corrected chi connectivity index (χ3v) is 2.33. The van der Waals surface area contributed by atoms with Crippen molar-refractivity contribution in [2.75, 3.05) is 6.61 Å². The summed E-state index contributed by atoms with van der Waals surface area (Å²) in [6.07, 6.45) is 0.459. The van der Waals surface area contributed by atoms with Gasteiger partial charge in [-0.2, -0.15) is 0 Å². The van der Waals surface area contributed by atoms with Crippen molar-refractivity contribution in [3.63, 3.8) is 0 Å². The molecule has 82 valence electrons. The van der Waals surface area contributed by atoms with E-state index in [0.717, 1.165) is 5.75 Å². The molecule has 0 unspecified atom stereocenters. The SMILES string of the molecule is CC(C)C(=O)CCOc1ccc(Cl)cc1. The molecule has 0 atom stereocenters. The van der Waals surface area contributed by atoms with Crippen LogP contribution < -0.4 is 4.74 Å². The number of benzene rings is 1. The molecule has 3 heteroatoms. The summed E-state index contributed by atoms with van der Waals surface area (Å²) in [7, 11) is 0. The van der Waals surface area contributed by atoms with Crippen molar-refractivity contribution in [1.29, 1.82) is 0 Å². The molecule has 0 fully saturated rings. The zero-order chi connectivity index (χ0) is 11.3. The summed E-state index contributed by atoms with van der Waals surface area (Å²) >= 11 is 5.73. The van der Waals surface area contributed by atoms with Gasteiger partial charge in [-0.1, -0.05) is 25.4 Å². The van der Waals surface area contributed by atoms with Gasteiger partial charge in [0, 0.05) is 17.4 Å². The molecule has 1 aromatic carbocycles. The molecular formula is C12H15ClO2. The highest BCUT2D eigenvalue weighted by Crippen LogP contribution is 2.15. The minimum atomic E-state index is 0.0822. The highest BCUT2D eigenvalue weighted by atomic mass is 35.5. The van der Waals surface area contributed by atoms with Crippen LogP contribution in [0.15, 0.2) is 24.3 Å². The standard InChI is InChI=1S/C12H15ClO2/c1-9(2)12(14)7-8-15-11-5-3-10(13)4-6-11/h3-6,9H,7-8H2,1-2H3. The molecular weight excluding hydrogens is 212 g/mol. The summed E-state index contributed by atoms with van der Waals surface area (Å²) in [5, 5.41) is 0.681. The fourth-order valence-corrected chi connectivity index (χ4v) is 1.21. The molecule has 0 saturated heterocycles. The number of ketones is 1. The fraction of sp³-hybridized carbons (Fsp3) is 0.417. The number of ether oxygens (including phenoxy) is 1. The highest BCUT2D eigenvalue weighted by Gasteiger charge is 2.06. The number of halogens is 1. The Bertz CT molecular complexity index is 317. The molecule has 0 radical (unpaired) electrons. The molecule has 0 saturated carbocycles. The van der Waals surface area contributed by atoms with E-state index in [4.69, 9.17) is 16.3 Å². The molecule has 15 heavy (non-hydrogen) atoms. The normalized spacial score (nSPS) is 10.4. The maximum absolute atomic E-state index is 11.3. The van der Waals surface area contributed by atoms with Gasteiger partial charge in [-0.25, -0.2) is 0 Å². The topological polar surface area (TPSA) is 26.3 Å². The second-order valence-corrected chi connectivity index (χ2v) is 4.11. The summed E-state index contributed by atoms with van der Waals surface area (Å²) in [5.74, 6) is 1.05. The van der Waals surface area contributed by atoms with Crippen LogP contribution in [0.3, 0.4) is 0 Å². The third kappa shape index (κ3) is 4.34. The molecule has 0 amide bonds. The Hall–Kier alpha value is -1.02. The van der Waals surface area contributed by atoms with Crippen molar-refractivity contribution in [1.82, 2.24) is 0 Å². The van der Waals surface area contributed by atoms with Gasteiger partial charge in [-0.3, -0.25) is 4.79 Å². The Balaban J connectivity index is 2.32. The van der Waals surface area contributed by atoms with Gasteiger partial charge in [0.25, 0.3) is 0 Å². The maximum atomic E-state index is 11.3. The average Bonchev–Trinajstić information content (AvgIpc) is 2.20. The molecule has 1 aromatic rings. The lowest BCUT2D eigenvalue weighted by molar-refractivity contribution is -0.122. The molecule has 1 rings (SSSR count). The average molecular weight is 227 g/mol. The van der Waals surface area contributed by atoms with Gasteiger partial charge in [-0.05, 0) is 24.3 Å². The van der Waals surface area contributed by atoms with Gasteiger partial charge >= 0.3 is 0 Å². The quantitative estimate of drug-likeness (QED) is 0.770. The van der Waals surface area contributed by atoms with Crippen LogP contribution in [0.1, 0.15) is 20.3 Å². The molecule has 0 aliphatic heterocycles. The summed E-state index contributed by atoms with van der Waals surface area (Å²) < 4.78 is 5.40. The Labute approximate surface area is 95.2 Å². The molecule has 0 aliphatic rings. The van der Waals surface area contributed by atoms with E-state index in [1.54, 1.807) is 24.3 Å². The molecule has 0 aromatic heterocycles. The zero-order valence-corrected chi connectivity index (χ0v) is 9.75. The van der Waals surface area contributed by atoms with Gasteiger partial charge in [-0.15, -0.1) is 0 Å². The maximum Gasteiger partial charge on any atom is 0.138 e. The van der Waals surface area contributed by atoms with Gasteiger partial charge in [0.15, 0.2) is 0 Å². The van der Waals surface area contributed by atoms with Crippen LogP contribution in [0.25, 0.3) is 0 Å². The molecule has 2 nitrogen and oxygen atoms in total. The van der Waals surface area contributed by atoms with Crippen LogP contribution in [-0.2, 0) is 4.79 Å². The molecule has 0 spiro atoms. The van der Waals surface area contributed by atoms with E-state index in [2.05, 4.69) is 0 Å². The minimum absolute atomic E-state index is 0.0822. The van der Waals surface area contributed by atoms with Crippen LogP contribution >= 0.6 is 11.6 Å². The smallest absolute Gasteiger partial charge is 0.138 e. The first-order chi connectivity index (χ1) is 7.09. The minimum Gasteiger partial charge on any atom is -0.493 e. The van der Waals surface area contributed by atoms with Crippen molar-refractivity contribution in [3.8, 4) is 5.75 Å². The fourth-order valence-electron chi connectivity index (χ4n) is 1.09. The lowest BCUT2D eigenvalue weighted by atomic mass is 10.1. The summed E-state index contributed by atoms with van der Waals surface area (Å²) in [6, 6.07) is 7.12. The van der Waals surface area contributed by atoms with E-state index in [0.29, 0.717) is 18.1 Å². The number of carbonyl (C=O) groups is 1. The van der Waals surface area contributed by atoms with Gasteiger partial charge in [0.2, 0.25) is 0 Å². The lowest BCUT2D eigenvalue weighted by Gasteiger charge is -2.06. The molecule has 0 aliphatic carbocycles. The van der Waals surface area contributed by atoms with Gasteiger partial charge in [0.1, 0.15) is 11.5 Å². The van der Waals surface area contributed by atoms with Gasteiger partial charge < -0.3 is 4.74 Å². The highest BCUT2D eigenvalue weighted by molar-refractivity contribution is 6.30. The summed E-state index contributed by atoms with van der Waals surface area (Å²) in [4.78, 5) is 11.3. The van der Waals surface area contributed by atoms with Gasteiger partial charge in [0.05, 0.1) is 6.61 Å². The van der Waals surface area contributed by atoms with E-state index in [9.17, 15) is 4.79 Å². The molecule has 0 bridgehead atoms. The predicted octanol–water partition coefficient (Wildman–Crippen LogP) is 3.33. The zero-order valence-electron chi connectivity index (χ0n) is 9.00. The van der Waals surface area contributed by atoms with Crippen molar-refractivity contribution < 1.29 is 9.53 Å². The summed E-state index contributed by atoms with van der Waals surface area (Å²) in [6.45, 7) is 4.22. The van der Waals surface area contributed by atoms with E-state index in [-0.39, 0.29) is 11.7 Å². The Morgan fingerprint density at radius 3 is 2.47 bits per heavy atom. The monoisotopic (exact) mass is 226 g/mol. The van der Waals surface area contributed by atoms with Crippen molar-refractivity contribution in [2.24, 2.45) is 5.92 Å². The largest absolute Gasteiger partial charge is 0.493 e. The van der Waals surface area contributed by atoms with E-state index >= 15 is 0 Å². The first-order valence-electron chi connectivity index (χ1n) is 5.00. The summed E-state index contributed by atoms with van der Waals surface area (Å²) in [5.41, 5.74) is 0. The Morgan fingerprint density at radius 2 is 1.93 bits per heavy atom. The van der Waals surface area contributed by atoms with Crippen molar-refractivity contribution in [3.05, 3.63) is 29.3 Å². The molecule has 0 heterocycles. The number of hydrogen-bond acceptors (Lipinski definition) is 2. The Kier molecular flexibility index (Phi) is 4.63. The van der Waals surface area contributed by atoms with Crippen LogP contribution in [0.2, 0.25) is 5.02 Å². The third-order valence-electron chi connectivity index (χ3n) is 2.07. The van der Waals surface area contributed by atoms with Crippen LogP contribution in [-0.4, -0.2) is 12.4 Å². The lowest BCUT2D eigenvalue weighted by Crippen LogP contribution is -2.11. The van der Waals surface area contributed by atoms with Crippen LogP contribution in [0.5, 0.6) is 5.75 Å². The van der Waals surface area contributed by atoms with Crippen molar-refractivity contribution >= 4 is 17.4 Å². The Morgan fingerprint density at radius 1 is 1.33 bits per heavy atom. The van der Waals surface area contributed by atoms with Crippen LogP contribution in [0, 0.1) is 5.92 Å². The first-order valence-corrected chi connectivity index (χ1v) is 5.38. The number of carbonyl (C=O) groups excluding carboxylic acids is 1. The van der Waals surface area contributed by atoms with E-state index in [1.807, 2.05) is 13.8 Å². The van der Waals surface area contributed by atoms with E-state index in [1.165, 1.54) is 0 Å². The number of rotatable bonds is 5. The number of Topliss-reactive ketones (excluding diaryl/α,β-unsaturated/α-hetero) is 1.